The van der Waals surface area contributed by atoms with Gasteiger partial charge >= 0.3 is 0 Å². The number of rotatable bonds is 3. The van der Waals surface area contributed by atoms with Crippen LogP contribution in [0.15, 0.2) is 22.7 Å². The van der Waals surface area contributed by atoms with Gasteiger partial charge in [0.15, 0.2) is 0 Å². The first-order chi connectivity index (χ1) is 8.61. The molecule has 0 aliphatic carbocycles. The lowest BCUT2D eigenvalue weighted by molar-refractivity contribution is 0.326. The monoisotopic (exact) mass is 314 g/mol. The maximum atomic E-state index is 13.5. The first-order valence-corrected chi connectivity index (χ1v) is 7.34. The van der Waals surface area contributed by atoms with E-state index in [-0.39, 0.29) is 5.82 Å². The number of halogens is 2. The van der Waals surface area contributed by atoms with Crippen LogP contribution in [0, 0.1) is 11.7 Å². The zero-order valence-electron chi connectivity index (χ0n) is 10.9. The number of anilines is 1. The van der Waals surface area contributed by atoms with E-state index in [2.05, 4.69) is 40.0 Å². The summed E-state index contributed by atoms with van der Waals surface area (Å²) in [6, 6.07) is 5.97. The van der Waals surface area contributed by atoms with Gasteiger partial charge in [-0.3, -0.25) is 0 Å². The predicted molar refractivity (Wildman–Crippen MR) is 77.6 cm³/mol. The summed E-state index contributed by atoms with van der Waals surface area (Å²) in [5.74, 6) is 0.402. The molecular formula is C14H20BrFN2. The van der Waals surface area contributed by atoms with Gasteiger partial charge in [0.25, 0.3) is 0 Å². The van der Waals surface area contributed by atoms with E-state index in [1.165, 1.54) is 0 Å². The van der Waals surface area contributed by atoms with E-state index in [0.717, 1.165) is 31.7 Å². The first kappa shape index (κ1) is 13.8. The third kappa shape index (κ3) is 3.04. The average Bonchev–Trinajstić information content (AvgIpc) is 2.35. The van der Waals surface area contributed by atoms with Crippen LogP contribution in [-0.4, -0.2) is 25.7 Å². The fraction of sp³-hybridized carbons (Fsp3) is 0.571. The van der Waals surface area contributed by atoms with Crippen molar-refractivity contribution in [2.75, 3.05) is 24.5 Å². The van der Waals surface area contributed by atoms with E-state index >= 15 is 0 Å². The van der Waals surface area contributed by atoms with E-state index in [4.69, 9.17) is 0 Å². The molecule has 1 aromatic rings. The van der Waals surface area contributed by atoms with Gasteiger partial charge in [0.05, 0.1) is 4.47 Å². The highest BCUT2D eigenvalue weighted by Gasteiger charge is 2.25. The summed E-state index contributed by atoms with van der Waals surface area (Å²) in [4.78, 5) is 2.27. The largest absolute Gasteiger partial charge is 0.371 e. The molecule has 1 aliphatic rings. The molecule has 1 heterocycles. The van der Waals surface area contributed by atoms with Crippen molar-refractivity contribution in [3.8, 4) is 0 Å². The summed E-state index contributed by atoms with van der Waals surface area (Å²) in [6.45, 7) is 7.39. The van der Waals surface area contributed by atoms with Crippen molar-refractivity contribution >= 4 is 21.6 Å². The molecule has 2 rings (SSSR count). The van der Waals surface area contributed by atoms with Crippen LogP contribution in [0.2, 0.25) is 0 Å². The minimum absolute atomic E-state index is 0.186. The minimum atomic E-state index is -0.186. The molecule has 0 radical (unpaired) electrons. The van der Waals surface area contributed by atoms with Gasteiger partial charge in [-0.25, -0.2) is 4.39 Å². The van der Waals surface area contributed by atoms with Gasteiger partial charge in [-0.15, -0.1) is 0 Å². The van der Waals surface area contributed by atoms with Crippen molar-refractivity contribution in [3.63, 3.8) is 0 Å². The second-order valence-electron chi connectivity index (χ2n) is 4.97. The molecule has 1 saturated heterocycles. The molecule has 1 fully saturated rings. The molecular weight excluding hydrogens is 295 g/mol. The minimum Gasteiger partial charge on any atom is -0.371 e. The van der Waals surface area contributed by atoms with Gasteiger partial charge in [0, 0.05) is 24.8 Å². The number of hydrogen-bond donors (Lipinski definition) is 1. The second-order valence-corrected chi connectivity index (χ2v) is 5.83. The third-order valence-corrected chi connectivity index (χ3v) is 4.28. The smallest absolute Gasteiger partial charge is 0.139 e. The Morgan fingerprint density at radius 3 is 2.89 bits per heavy atom. The summed E-state index contributed by atoms with van der Waals surface area (Å²) >= 11 is 3.19. The summed E-state index contributed by atoms with van der Waals surface area (Å²) in [5, 5.41) is 3.52. The Kier molecular flexibility index (Phi) is 4.62. The maximum absolute atomic E-state index is 13.5. The Hall–Kier alpha value is -0.610. The lowest BCUT2D eigenvalue weighted by Gasteiger charge is -2.38. The summed E-state index contributed by atoms with van der Waals surface area (Å²) in [5.41, 5.74) is 0.984. The molecule has 100 valence electrons. The van der Waals surface area contributed by atoms with Gasteiger partial charge in [-0.2, -0.15) is 0 Å². The molecule has 0 amide bonds. The van der Waals surface area contributed by atoms with Gasteiger partial charge in [0.2, 0.25) is 0 Å². The highest BCUT2D eigenvalue weighted by molar-refractivity contribution is 9.10. The Morgan fingerprint density at radius 2 is 2.28 bits per heavy atom. The van der Waals surface area contributed by atoms with E-state index in [0.29, 0.717) is 16.4 Å². The Morgan fingerprint density at radius 1 is 1.50 bits per heavy atom. The molecule has 0 saturated carbocycles. The van der Waals surface area contributed by atoms with Crippen LogP contribution in [0.4, 0.5) is 10.1 Å². The van der Waals surface area contributed by atoms with Gasteiger partial charge < -0.3 is 10.2 Å². The van der Waals surface area contributed by atoms with Crippen molar-refractivity contribution in [1.82, 2.24) is 5.32 Å². The number of nitrogens with zero attached hydrogens (tertiary/aromatic N) is 1. The van der Waals surface area contributed by atoms with Crippen LogP contribution in [0.1, 0.15) is 20.3 Å². The van der Waals surface area contributed by atoms with Crippen molar-refractivity contribution in [1.29, 1.82) is 0 Å². The SMILES string of the molecule is CCNC1CCN(c2ccc(Br)c(F)c2)CC1C. The summed E-state index contributed by atoms with van der Waals surface area (Å²) in [6.07, 6.45) is 1.12. The Labute approximate surface area is 117 Å². The van der Waals surface area contributed by atoms with Crippen LogP contribution in [0.25, 0.3) is 0 Å². The van der Waals surface area contributed by atoms with E-state index in [1.807, 2.05) is 6.07 Å². The second kappa shape index (κ2) is 6.02. The van der Waals surface area contributed by atoms with Gasteiger partial charge in [-0.1, -0.05) is 13.8 Å². The molecule has 0 aromatic heterocycles. The zero-order valence-corrected chi connectivity index (χ0v) is 12.5. The maximum Gasteiger partial charge on any atom is 0.139 e. The normalized spacial score (nSPS) is 24.3. The molecule has 2 unspecified atom stereocenters. The van der Waals surface area contributed by atoms with Gasteiger partial charge in [-0.05, 0) is 53.0 Å². The van der Waals surface area contributed by atoms with Crippen LogP contribution in [-0.2, 0) is 0 Å². The average molecular weight is 315 g/mol. The summed E-state index contributed by atoms with van der Waals surface area (Å²) in [7, 11) is 0. The fourth-order valence-corrected chi connectivity index (χ4v) is 2.87. The number of hydrogen-bond acceptors (Lipinski definition) is 2. The predicted octanol–water partition coefficient (Wildman–Crippen LogP) is 3.41. The third-order valence-electron chi connectivity index (χ3n) is 3.64. The number of piperidine rings is 1. The van der Waals surface area contributed by atoms with Crippen molar-refractivity contribution in [2.45, 2.75) is 26.3 Å². The molecule has 2 nitrogen and oxygen atoms in total. The first-order valence-electron chi connectivity index (χ1n) is 6.55. The molecule has 4 heteroatoms. The summed E-state index contributed by atoms with van der Waals surface area (Å²) < 4.78 is 14.1. The number of benzene rings is 1. The van der Waals surface area contributed by atoms with Crippen molar-refractivity contribution in [2.24, 2.45) is 5.92 Å². The number of nitrogens with one attached hydrogen (secondary N) is 1. The quantitative estimate of drug-likeness (QED) is 0.919. The Bertz CT molecular complexity index is 411. The molecule has 1 N–H and O–H groups in total. The highest BCUT2D eigenvalue weighted by atomic mass is 79.9. The van der Waals surface area contributed by atoms with Crippen molar-refractivity contribution in [3.05, 3.63) is 28.5 Å². The molecule has 2 atom stereocenters. The Balaban J connectivity index is 2.05. The molecule has 1 aliphatic heterocycles. The molecule has 18 heavy (non-hydrogen) atoms. The molecule has 1 aromatic carbocycles. The van der Waals surface area contributed by atoms with Crippen LogP contribution in [0.5, 0.6) is 0 Å². The van der Waals surface area contributed by atoms with Crippen LogP contribution >= 0.6 is 15.9 Å². The zero-order chi connectivity index (χ0) is 13.1. The van der Waals surface area contributed by atoms with E-state index in [1.54, 1.807) is 12.1 Å². The fourth-order valence-electron chi connectivity index (χ4n) is 2.63. The lowest BCUT2D eigenvalue weighted by Crippen LogP contribution is -2.48. The van der Waals surface area contributed by atoms with E-state index < -0.39 is 0 Å². The van der Waals surface area contributed by atoms with Crippen LogP contribution in [0.3, 0.4) is 0 Å². The van der Waals surface area contributed by atoms with Crippen LogP contribution < -0.4 is 10.2 Å². The lowest BCUT2D eigenvalue weighted by atomic mass is 9.93. The molecule has 0 spiro atoms. The van der Waals surface area contributed by atoms with Crippen molar-refractivity contribution < 1.29 is 4.39 Å². The standard InChI is InChI=1S/C14H20BrFN2/c1-3-17-14-6-7-18(9-10(14)2)11-4-5-12(15)13(16)8-11/h4-5,8,10,14,17H,3,6-7,9H2,1-2H3. The van der Waals surface area contributed by atoms with Gasteiger partial charge in [0.1, 0.15) is 5.82 Å². The van der Waals surface area contributed by atoms with E-state index in [9.17, 15) is 4.39 Å². The molecule has 0 bridgehead atoms. The highest BCUT2D eigenvalue weighted by Crippen LogP contribution is 2.26. The topological polar surface area (TPSA) is 15.3 Å².